The van der Waals surface area contributed by atoms with Gasteiger partial charge in [0, 0.05) is 22.2 Å². The number of aromatic amines is 1. The summed E-state index contributed by atoms with van der Waals surface area (Å²) in [4.78, 5) is 19.0. The number of nitrogens with zero attached hydrogens (tertiary/aromatic N) is 1. The van der Waals surface area contributed by atoms with Crippen LogP contribution in [0.4, 0.5) is 0 Å². The van der Waals surface area contributed by atoms with Crippen LogP contribution in [-0.4, -0.2) is 15.9 Å². The molecule has 3 rings (SSSR count). The third-order valence-corrected chi connectivity index (χ3v) is 4.00. The Kier molecular flexibility index (Phi) is 4.03. The van der Waals surface area contributed by atoms with Crippen molar-refractivity contribution in [1.29, 1.82) is 0 Å². The minimum Gasteiger partial charge on any atom is -0.454 e. The van der Waals surface area contributed by atoms with Crippen LogP contribution in [0.3, 0.4) is 0 Å². The van der Waals surface area contributed by atoms with E-state index in [-0.39, 0.29) is 12.6 Å². The quantitative estimate of drug-likeness (QED) is 0.735. The van der Waals surface area contributed by atoms with E-state index in [1.165, 1.54) is 11.3 Å². The maximum atomic E-state index is 11.7. The van der Waals surface area contributed by atoms with E-state index >= 15 is 0 Å². The van der Waals surface area contributed by atoms with Gasteiger partial charge >= 0.3 is 5.97 Å². The highest BCUT2D eigenvalue weighted by Crippen LogP contribution is 2.25. The monoisotopic (exact) mass is 318 g/mol. The molecule has 0 unspecified atom stereocenters. The van der Waals surface area contributed by atoms with Crippen molar-refractivity contribution in [2.75, 3.05) is 0 Å². The summed E-state index contributed by atoms with van der Waals surface area (Å²) in [6.45, 7) is 0.155. The fourth-order valence-electron chi connectivity index (χ4n) is 1.77. The lowest BCUT2D eigenvalue weighted by molar-refractivity contribution is 0.0462. The normalized spacial score (nSPS) is 10.5. The summed E-state index contributed by atoms with van der Waals surface area (Å²) in [6, 6.07) is 10.9. The smallest absolute Gasteiger partial charge is 0.355 e. The lowest BCUT2D eigenvalue weighted by Gasteiger charge is -2.00. The lowest BCUT2D eigenvalue weighted by atomic mass is 10.2. The maximum Gasteiger partial charge on any atom is 0.355 e. The van der Waals surface area contributed by atoms with E-state index in [0.29, 0.717) is 10.7 Å². The van der Waals surface area contributed by atoms with Crippen molar-refractivity contribution in [2.24, 2.45) is 0 Å². The number of ether oxygens (including phenoxy) is 1. The van der Waals surface area contributed by atoms with Gasteiger partial charge in [0.05, 0.1) is 5.69 Å². The molecule has 0 aliphatic rings. The summed E-state index contributed by atoms with van der Waals surface area (Å²) in [5.41, 5.74) is 2.15. The van der Waals surface area contributed by atoms with Crippen molar-refractivity contribution in [3.63, 3.8) is 0 Å². The van der Waals surface area contributed by atoms with E-state index in [4.69, 9.17) is 16.3 Å². The summed E-state index contributed by atoms with van der Waals surface area (Å²) in [5, 5.41) is 3.44. The van der Waals surface area contributed by atoms with Crippen molar-refractivity contribution >= 4 is 28.9 Å². The molecule has 0 bridgehead atoms. The zero-order valence-electron chi connectivity index (χ0n) is 10.9. The Morgan fingerprint density at radius 3 is 2.81 bits per heavy atom. The number of halogens is 1. The summed E-state index contributed by atoms with van der Waals surface area (Å²) in [7, 11) is 0. The van der Waals surface area contributed by atoms with Crippen LogP contribution >= 0.6 is 22.9 Å². The first kappa shape index (κ1) is 13.9. The first-order chi connectivity index (χ1) is 10.2. The number of hydrogen-bond acceptors (Lipinski definition) is 4. The van der Waals surface area contributed by atoms with Crippen LogP contribution in [0.1, 0.15) is 16.2 Å². The van der Waals surface area contributed by atoms with Gasteiger partial charge in [-0.1, -0.05) is 23.7 Å². The third kappa shape index (κ3) is 3.32. The Hall–Kier alpha value is -2.11. The first-order valence-corrected chi connectivity index (χ1v) is 7.49. The molecule has 0 radical (unpaired) electrons. The molecule has 0 aliphatic carbocycles. The number of esters is 1. The SMILES string of the molecule is O=C(OCc1csc(-c2ccc(Cl)cc2)n1)c1ccc[nH]1. The average molecular weight is 319 g/mol. The standard InChI is InChI=1S/C15H11ClN2O2S/c16-11-5-3-10(4-6-11)14-18-12(9-21-14)8-20-15(19)13-2-1-7-17-13/h1-7,9,17H,8H2. The highest BCUT2D eigenvalue weighted by molar-refractivity contribution is 7.13. The van der Waals surface area contributed by atoms with Crippen LogP contribution in [0.5, 0.6) is 0 Å². The van der Waals surface area contributed by atoms with Crippen LogP contribution in [0, 0.1) is 0 Å². The highest BCUT2D eigenvalue weighted by Gasteiger charge is 2.10. The molecule has 2 aromatic heterocycles. The molecule has 2 heterocycles. The van der Waals surface area contributed by atoms with Gasteiger partial charge in [-0.05, 0) is 24.3 Å². The Bertz CT molecular complexity index is 735. The van der Waals surface area contributed by atoms with E-state index in [1.807, 2.05) is 29.6 Å². The summed E-state index contributed by atoms with van der Waals surface area (Å²) in [5.74, 6) is -0.388. The number of aromatic nitrogens is 2. The van der Waals surface area contributed by atoms with Crippen LogP contribution in [-0.2, 0) is 11.3 Å². The largest absolute Gasteiger partial charge is 0.454 e. The van der Waals surface area contributed by atoms with Crippen molar-refractivity contribution in [2.45, 2.75) is 6.61 Å². The lowest BCUT2D eigenvalue weighted by Crippen LogP contribution is -2.05. The fraction of sp³-hybridized carbons (Fsp3) is 0.0667. The van der Waals surface area contributed by atoms with Gasteiger partial charge < -0.3 is 9.72 Å². The van der Waals surface area contributed by atoms with Crippen LogP contribution in [0.15, 0.2) is 48.0 Å². The number of H-pyrrole nitrogens is 1. The molecule has 6 heteroatoms. The third-order valence-electron chi connectivity index (χ3n) is 2.81. The van der Waals surface area contributed by atoms with E-state index < -0.39 is 0 Å². The van der Waals surface area contributed by atoms with E-state index in [1.54, 1.807) is 18.3 Å². The molecule has 0 spiro atoms. The number of carbonyl (C=O) groups is 1. The minimum atomic E-state index is -0.388. The zero-order valence-corrected chi connectivity index (χ0v) is 12.4. The van der Waals surface area contributed by atoms with Gasteiger partial charge in [-0.25, -0.2) is 9.78 Å². The predicted molar refractivity (Wildman–Crippen MR) is 82.5 cm³/mol. The summed E-state index contributed by atoms with van der Waals surface area (Å²) >= 11 is 7.36. The second-order valence-corrected chi connectivity index (χ2v) is 5.61. The molecule has 3 aromatic rings. The number of carbonyl (C=O) groups excluding carboxylic acids is 1. The Labute approximate surface area is 130 Å². The molecule has 0 saturated carbocycles. The molecule has 0 atom stereocenters. The van der Waals surface area contributed by atoms with Gasteiger partial charge in [-0.3, -0.25) is 0 Å². The molecule has 1 N–H and O–H groups in total. The molecule has 0 saturated heterocycles. The van der Waals surface area contributed by atoms with E-state index in [2.05, 4.69) is 9.97 Å². The highest BCUT2D eigenvalue weighted by atomic mass is 35.5. The van der Waals surface area contributed by atoms with Crippen molar-refractivity contribution in [3.8, 4) is 10.6 Å². The van der Waals surface area contributed by atoms with Crippen molar-refractivity contribution in [3.05, 3.63) is 64.4 Å². The second-order valence-electron chi connectivity index (χ2n) is 4.31. The zero-order chi connectivity index (χ0) is 14.7. The fourth-order valence-corrected chi connectivity index (χ4v) is 2.71. The van der Waals surface area contributed by atoms with Gasteiger partial charge in [0.2, 0.25) is 0 Å². The van der Waals surface area contributed by atoms with Gasteiger partial charge in [0.15, 0.2) is 0 Å². The van der Waals surface area contributed by atoms with Gasteiger partial charge in [-0.2, -0.15) is 0 Å². The molecular formula is C15H11ClN2O2S. The van der Waals surface area contributed by atoms with Crippen molar-refractivity contribution in [1.82, 2.24) is 9.97 Å². The molecule has 4 nitrogen and oxygen atoms in total. The number of hydrogen-bond donors (Lipinski definition) is 1. The van der Waals surface area contributed by atoms with Gasteiger partial charge in [-0.15, -0.1) is 11.3 Å². The predicted octanol–water partition coefficient (Wildman–Crippen LogP) is 4.15. The Balaban J connectivity index is 1.65. The average Bonchev–Trinajstić information content (AvgIpc) is 3.17. The van der Waals surface area contributed by atoms with Crippen LogP contribution < -0.4 is 0 Å². The Morgan fingerprint density at radius 1 is 1.29 bits per heavy atom. The maximum absolute atomic E-state index is 11.7. The van der Waals surface area contributed by atoms with Crippen molar-refractivity contribution < 1.29 is 9.53 Å². The first-order valence-electron chi connectivity index (χ1n) is 6.23. The van der Waals surface area contributed by atoms with Crippen LogP contribution in [0.25, 0.3) is 10.6 Å². The minimum absolute atomic E-state index is 0.155. The number of benzene rings is 1. The molecule has 106 valence electrons. The number of nitrogens with one attached hydrogen (secondary N) is 1. The number of rotatable bonds is 4. The topological polar surface area (TPSA) is 55.0 Å². The van der Waals surface area contributed by atoms with Crippen LogP contribution in [0.2, 0.25) is 5.02 Å². The molecule has 21 heavy (non-hydrogen) atoms. The summed E-state index contributed by atoms with van der Waals surface area (Å²) < 4.78 is 5.19. The molecular weight excluding hydrogens is 308 g/mol. The molecule has 0 fully saturated rings. The van der Waals surface area contributed by atoms with Gasteiger partial charge in [0.25, 0.3) is 0 Å². The second kappa shape index (κ2) is 6.11. The van der Waals surface area contributed by atoms with E-state index in [9.17, 15) is 4.79 Å². The molecule has 0 amide bonds. The molecule has 1 aromatic carbocycles. The van der Waals surface area contributed by atoms with E-state index in [0.717, 1.165) is 16.3 Å². The Morgan fingerprint density at radius 2 is 2.10 bits per heavy atom. The molecule has 0 aliphatic heterocycles. The number of thiazole rings is 1. The van der Waals surface area contributed by atoms with Gasteiger partial charge in [0.1, 0.15) is 17.3 Å². The summed E-state index contributed by atoms with van der Waals surface area (Å²) in [6.07, 6.45) is 1.68.